The van der Waals surface area contributed by atoms with E-state index in [1.807, 2.05) is 6.92 Å². The lowest BCUT2D eigenvalue weighted by Gasteiger charge is -2.30. The molecule has 0 spiro atoms. The summed E-state index contributed by atoms with van der Waals surface area (Å²) < 4.78 is 5.23. The minimum Gasteiger partial charge on any atom is -0.463 e. The van der Waals surface area contributed by atoms with E-state index in [0.717, 1.165) is 0 Å². The molecule has 9 heteroatoms. The topological polar surface area (TPSA) is 131 Å². The van der Waals surface area contributed by atoms with Gasteiger partial charge >= 0.3 is 5.97 Å². The third-order valence-corrected chi connectivity index (χ3v) is 5.15. The molecule has 1 aliphatic rings. The number of thioether (sulfide) groups is 1. The summed E-state index contributed by atoms with van der Waals surface area (Å²) in [4.78, 5) is 23.5. The predicted octanol–water partition coefficient (Wildman–Crippen LogP) is 2.93. The summed E-state index contributed by atoms with van der Waals surface area (Å²) in [5.41, 5.74) is 7.98. The van der Waals surface area contributed by atoms with Crippen molar-refractivity contribution in [3.8, 4) is 6.07 Å². The number of nitrogens with two attached hydrogens (primary N) is 1. The fraction of sp³-hybridized carbons (Fsp3) is 0.368. The van der Waals surface area contributed by atoms with Gasteiger partial charge in [-0.1, -0.05) is 12.1 Å². The smallest absolute Gasteiger partial charge is 0.336 e. The van der Waals surface area contributed by atoms with Crippen LogP contribution in [-0.4, -0.2) is 28.6 Å². The molecule has 2 unspecified atom stereocenters. The molecule has 0 fully saturated rings. The van der Waals surface area contributed by atoms with Crippen LogP contribution in [0.5, 0.6) is 0 Å². The van der Waals surface area contributed by atoms with Crippen molar-refractivity contribution in [1.82, 2.24) is 5.32 Å². The number of nitrogens with one attached hydrogen (secondary N) is 1. The lowest BCUT2D eigenvalue weighted by Crippen LogP contribution is -2.31. The third-order valence-electron chi connectivity index (χ3n) is 4.17. The zero-order valence-electron chi connectivity index (χ0n) is 15.9. The van der Waals surface area contributed by atoms with E-state index in [1.165, 1.54) is 23.9 Å². The van der Waals surface area contributed by atoms with Crippen molar-refractivity contribution in [2.75, 3.05) is 12.4 Å². The highest BCUT2D eigenvalue weighted by Crippen LogP contribution is 2.40. The van der Waals surface area contributed by atoms with Gasteiger partial charge in [-0.25, -0.2) is 4.79 Å². The van der Waals surface area contributed by atoms with E-state index < -0.39 is 16.8 Å². The summed E-state index contributed by atoms with van der Waals surface area (Å²) in [5, 5.41) is 23.9. The van der Waals surface area contributed by atoms with Gasteiger partial charge in [-0.2, -0.15) is 5.26 Å². The van der Waals surface area contributed by atoms with Crippen LogP contribution in [0.3, 0.4) is 0 Å². The molecule has 2 rings (SSSR count). The van der Waals surface area contributed by atoms with Crippen LogP contribution < -0.4 is 11.1 Å². The van der Waals surface area contributed by atoms with E-state index in [1.54, 1.807) is 26.0 Å². The SMILES string of the molecule is CCOC(=O)C1=C(CSC(C)N)NC(C)=C(C#N)C1c1cccc([N+](=O)[O-])c1. The molecule has 0 amide bonds. The third kappa shape index (κ3) is 4.71. The number of nitriles is 1. The van der Waals surface area contributed by atoms with Gasteiger partial charge in [-0.3, -0.25) is 10.1 Å². The number of esters is 1. The molecule has 0 aromatic heterocycles. The second kappa shape index (κ2) is 9.39. The minimum atomic E-state index is -0.756. The van der Waals surface area contributed by atoms with Crippen LogP contribution in [0.4, 0.5) is 5.69 Å². The largest absolute Gasteiger partial charge is 0.463 e. The lowest BCUT2D eigenvalue weighted by atomic mass is 9.81. The van der Waals surface area contributed by atoms with Crippen molar-refractivity contribution in [3.05, 3.63) is 62.5 Å². The molecule has 1 aromatic rings. The number of hydrogen-bond acceptors (Lipinski definition) is 8. The summed E-state index contributed by atoms with van der Waals surface area (Å²) in [7, 11) is 0. The first-order valence-electron chi connectivity index (χ1n) is 8.69. The van der Waals surface area contributed by atoms with Crippen molar-refractivity contribution in [3.63, 3.8) is 0 Å². The molecule has 28 heavy (non-hydrogen) atoms. The Balaban J connectivity index is 2.67. The zero-order chi connectivity index (χ0) is 20.8. The monoisotopic (exact) mass is 402 g/mol. The molecule has 3 N–H and O–H groups in total. The van der Waals surface area contributed by atoms with Crippen LogP contribution in [0.2, 0.25) is 0 Å². The standard InChI is InChI=1S/C19H22N4O4S/c1-4-27-19(24)18-16(10-28-12(3)21)22-11(2)15(9-20)17(18)13-6-5-7-14(8-13)23(25)26/h5-8,12,17,22H,4,10,21H2,1-3H3. The number of nitro benzene ring substituents is 1. The van der Waals surface area contributed by atoms with Gasteiger partial charge in [0.15, 0.2) is 0 Å². The number of nitro groups is 1. The fourth-order valence-electron chi connectivity index (χ4n) is 2.97. The summed E-state index contributed by atoms with van der Waals surface area (Å²) in [6.45, 7) is 5.43. The van der Waals surface area contributed by atoms with Crippen LogP contribution in [0.15, 0.2) is 46.8 Å². The molecule has 8 nitrogen and oxygen atoms in total. The molecule has 0 aliphatic carbocycles. The number of hydrogen-bond donors (Lipinski definition) is 2. The van der Waals surface area contributed by atoms with Crippen molar-refractivity contribution < 1.29 is 14.5 Å². The highest BCUT2D eigenvalue weighted by atomic mass is 32.2. The molecule has 1 aromatic carbocycles. The van der Waals surface area contributed by atoms with E-state index >= 15 is 0 Å². The number of nitrogens with zero attached hydrogens (tertiary/aromatic N) is 2. The van der Waals surface area contributed by atoms with Gasteiger partial charge in [-0.05, 0) is 26.3 Å². The first-order valence-corrected chi connectivity index (χ1v) is 9.74. The quantitative estimate of drug-likeness (QED) is 0.308. The Kier molecular flexibility index (Phi) is 7.20. The van der Waals surface area contributed by atoms with E-state index in [2.05, 4.69) is 11.4 Å². The molecule has 1 heterocycles. The van der Waals surface area contributed by atoms with Crippen molar-refractivity contribution in [2.24, 2.45) is 5.73 Å². The van der Waals surface area contributed by atoms with Crippen LogP contribution in [0.25, 0.3) is 0 Å². The Labute approximate surface area is 167 Å². The zero-order valence-corrected chi connectivity index (χ0v) is 16.7. The first kappa shape index (κ1) is 21.5. The van der Waals surface area contributed by atoms with Crippen LogP contribution >= 0.6 is 11.8 Å². The maximum Gasteiger partial charge on any atom is 0.336 e. The highest BCUT2D eigenvalue weighted by molar-refractivity contribution is 8.00. The maximum atomic E-state index is 12.8. The van der Waals surface area contributed by atoms with Gasteiger partial charge in [0.1, 0.15) is 0 Å². The van der Waals surface area contributed by atoms with Gasteiger partial charge in [0.05, 0.1) is 34.7 Å². The maximum absolute atomic E-state index is 12.8. The normalized spacial score (nSPS) is 17.6. The average molecular weight is 402 g/mol. The fourth-order valence-corrected chi connectivity index (χ4v) is 3.63. The van der Waals surface area contributed by atoms with E-state index in [4.69, 9.17) is 10.5 Å². The second-order valence-corrected chi connectivity index (χ2v) is 7.55. The Morgan fingerprint density at radius 1 is 1.54 bits per heavy atom. The number of carbonyl (C=O) groups is 1. The van der Waals surface area contributed by atoms with Gasteiger partial charge in [-0.15, -0.1) is 11.8 Å². The van der Waals surface area contributed by atoms with Crippen molar-refractivity contribution in [1.29, 1.82) is 5.26 Å². The molecular formula is C19H22N4O4S. The summed E-state index contributed by atoms with van der Waals surface area (Å²) in [6.07, 6.45) is 0. The molecular weight excluding hydrogens is 380 g/mol. The van der Waals surface area contributed by atoms with E-state index in [-0.39, 0.29) is 23.2 Å². The van der Waals surface area contributed by atoms with Gasteiger partial charge in [0.25, 0.3) is 5.69 Å². The van der Waals surface area contributed by atoms with Crippen LogP contribution in [0, 0.1) is 21.4 Å². The second-order valence-electron chi connectivity index (χ2n) is 6.19. The summed E-state index contributed by atoms with van der Waals surface area (Å²) in [6, 6.07) is 8.10. The number of allylic oxidation sites excluding steroid dienone is 2. The molecule has 1 aliphatic heterocycles. The first-order chi connectivity index (χ1) is 13.3. The number of benzene rings is 1. The molecule has 2 atom stereocenters. The average Bonchev–Trinajstić information content (AvgIpc) is 2.65. The highest BCUT2D eigenvalue weighted by Gasteiger charge is 2.36. The Hall–Kier alpha value is -2.83. The number of carbonyl (C=O) groups excluding carboxylic acids is 1. The minimum absolute atomic E-state index is 0.110. The Morgan fingerprint density at radius 3 is 2.82 bits per heavy atom. The van der Waals surface area contributed by atoms with E-state index in [9.17, 15) is 20.2 Å². The molecule has 0 saturated carbocycles. The van der Waals surface area contributed by atoms with Gasteiger partial charge in [0.2, 0.25) is 0 Å². The molecule has 148 valence electrons. The lowest BCUT2D eigenvalue weighted by molar-refractivity contribution is -0.384. The van der Waals surface area contributed by atoms with Crippen LogP contribution in [0.1, 0.15) is 32.3 Å². The van der Waals surface area contributed by atoms with E-state index in [0.29, 0.717) is 28.3 Å². The summed E-state index contributed by atoms with van der Waals surface area (Å²) in [5.74, 6) is -0.909. The number of non-ortho nitro benzene ring substituents is 1. The Bertz CT molecular complexity index is 886. The van der Waals surface area contributed by atoms with Crippen molar-refractivity contribution in [2.45, 2.75) is 32.1 Å². The molecule has 0 bridgehead atoms. The number of dihydropyridines is 1. The number of ether oxygens (including phenoxy) is 1. The molecule has 0 saturated heterocycles. The predicted molar refractivity (Wildman–Crippen MR) is 107 cm³/mol. The van der Waals surface area contributed by atoms with Gasteiger partial charge in [0, 0.05) is 34.7 Å². The summed E-state index contributed by atoms with van der Waals surface area (Å²) >= 11 is 1.43. The van der Waals surface area contributed by atoms with Crippen molar-refractivity contribution >= 4 is 23.4 Å². The number of rotatable bonds is 7. The Morgan fingerprint density at radius 2 is 2.25 bits per heavy atom. The molecule has 0 radical (unpaired) electrons. The van der Waals surface area contributed by atoms with Crippen LogP contribution in [-0.2, 0) is 9.53 Å². The van der Waals surface area contributed by atoms with Gasteiger partial charge < -0.3 is 15.8 Å².